The van der Waals surface area contributed by atoms with Gasteiger partial charge in [0.2, 0.25) is 5.91 Å². The molecule has 1 fully saturated rings. The first-order chi connectivity index (χ1) is 13.8. The molecule has 1 saturated heterocycles. The molecule has 0 bridgehead atoms. The second-order valence-electron chi connectivity index (χ2n) is 8.18. The molecule has 0 radical (unpaired) electrons. The van der Waals surface area contributed by atoms with Gasteiger partial charge in [-0.2, -0.15) is 5.10 Å². The molecule has 2 rings (SSSR count). The van der Waals surface area contributed by atoms with E-state index in [1.54, 1.807) is 0 Å². The zero-order valence-electron chi connectivity index (χ0n) is 19.2. The van der Waals surface area contributed by atoms with E-state index in [2.05, 4.69) is 48.3 Å². The number of guanidine groups is 1. The van der Waals surface area contributed by atoms with Crippen molar-refractivity contribution in [1.29, 1.82) is 0 Å². The summed E-state index contributed by atoms with van der Waals surface area (Å²) in [6.07, 6.45) is 3.85. The Labute approximate surface area is 198 Å². The number of carbonyl (C=O) groups is 1. The summed E-state index contributed by atoms with van der Waals surface area (Å²) in [6, 6.07) is 0.257. The molecular formula is C21H40IN7O. The van der Waals surface area contributed by atoms with E-state index in [0.717, 1.165) is 70.1 Å². The van der Waals surface area contributed by atoms with Gasteiger partial charge in [0.1, 0.15) is 0 Å². The number of nitrogens with zero attached hydrogens (tertiary/aromatic N) is 4. The van der Waals surface area contributed by atoms with Crippen molar-refractivity contribution in [2.45, 2.75) is 59.4 Å². The summed E-state index contributed by atoms with van der Waals surface area (Å²) in [5.41, 5.74) is 9.08. The van der Waals surface area contributed by atoms with Crippen LogP contribution in [0.25, 0.3) is 0 Å². The number of aliphatic imine (C=N–C) groups is 1. The van der Waals surface area contributed by atoms with Gasteiger partial charge >= 0.3 is 0 Å². The molecule has 2 atom stereocenters. The van der Waals surface area contributed by atoms with Crippen LogP contribution >= 0.6 is 24.0 Å². The third-order valence-electron chi connectivity index (χ3n) is 5.71. The Bertz CT molecular complexity index is 704. The highest BCUT2D eigenvalue weighted by molar-refractivity contribution is 14.0. The van der Waals surface area contributed by atoms with Gasteiger partial charge in [-0.3, -0.25) is 14.5 Å². The molecule has 0 aliphatic carbocycles. The van der Waals surface area contributed by atoms with Crippen LogP contribution in [0.1, 0.15) is 50.1 Å². The largest absolute Gasteiger partial charge is 0.369 e. The standard InChI is InChI=1S/C21H39N7O.HI/c1-6-23-21(25-15(2)13-19-16(3)26-27(5)17(19)4)24-10-8-12-28-11-7-9-18(14-28)20(22)29;/h15,18H,6-14H2,1-5H3,(H2,22,29)(H2,23,24,25);1H. The first kappa shape index (κ1) is 26.7. The molecule has 30 heavy (non-hydrogen) atoms. The summed E-state index contributed by atoms with van der Waals surface area (Å²) in [5.74, 6) is 0.693. The first-order valence-corrected chi connectivity index (χ1v) is 10.9. The zero-order chi connectivity index (χ0) is 21.4. The van der Waals surface area contributed by atoms with Crippen molar-refractivity contribution in [2.24, 2.45) is 23.7 Å². The zero-order valence-corrected chi connectivity index (χ0v) is 21.5. The number of hydrogen-bond acceptors (Lipinski definition) is 4. The average Bonchev–Trinajstić information content (AvgIpc) is 2.91. The monoisotopic (exact) mass is 533 g/mol. The number of nitrogens with one attached hydrogen (secondary N) is 2. The summed E-state index contributed by atoms with van der Waals surface area (Å²) < 4.78 is 1.94. The topological polar surface area (TPSA) is 101 Å². The van der Waals surface area contributed by atoms with Crippen LogP contribution in [0.3, 0.4) is 0 Å². The maximum atomic E-state index is 11.4. The number of aromatic nitrogens is 2. The van der Waals surface area contributed by atoms with Crippen LogP contribution in [0.2, 0.25) is 0 Å². The van der Waals surface area contributed by atoms with Gasteiger partial charge in [0.15, 0.2) is 5.96 Å². The van der Waals surface area contributed by atoms with Crippen LogP contribution in [-0.2, 0) is 18.3 Å². The Morgan fingerprint density at radius 3 is 2.73 bits per heavy atom. The van der Waals surface area contributed by atoms with Gasteiger partial charge in [-0.05, 0) is 72.0 Å². The van der Waals surface area contributed by atoms with E-state index in [0.29, 0.717) is 0 Å². The first-order valence-electron chi connectivity index (χ1n) is 10.9. The Morgan fingerprint density at radius 1 is 1.40 bits per heavy atom. The predicted octanol–water partition coefficient (Wildman–Crippen LogP) is 1.73. The average molecular weight is 534 g/mol. The smallest absolute Gasteiger partial charge is 0.221 e. The summed E-state index contributed by atoms with van der Waals surface area (Å²) in [5, 5.41) is 11.4. The van der Waals surface area contributed by atoms with Crippen LogP contribution in [-0.4, -0.2) is 65.3 Å². The molecule has 0 saturated carbocycles. The Balaban J connectivity index is 0.00000450. The van der Waals surface area contributed by atoms with E-state index in [4.69, 9.17) is 10.7 Å². The Hall–Kier alpha value is -1.36. The molecule has 2 heterocycles. The molecule has 9 heteroatoms. The maximum absolute atomic E-state index is 11.4. The van der Waals surface area contributed by atoms with E-state index >= 15 is 0 Å². The van der Waals surface area contributed by atoms with E-state index in [1.165, 1.54) is 11.3 Å². The number of carbonyl (C=O) groups excluding carboxylic acids is 1. The molecule has 0 spiro atoms. The van der Waals surface area contributed by atoms with Crippen molar-refractivity contribution in [2.75, 3.05) is 32.7 Å². The van der Waals surface area contributed by atoms with Gasteiger partial charge in [0, 0.05) is 38.4 Å². The van der Waals surface area contributed by atoms with Crippen LogP contribution in [0, 0.1) is 19.8 Å². The lowest BCUT2D eigenvalue weighted by molar-refractivity contribution is -0.123. The third kappa shape index (κ3) is 8.05. The van der Waals surface area contributed by atoms with Crippen molar-refractivity contribution < 1.29 is 4.79 Å². The summed E-state index contributed by atoms with van der Waals surface area (Å²) in [7, 11) is 1.99. The molecular weight excluding hydrogens is 493 g/mol. The van der Waals surface area contributed by atoms with Crippen molar-refractivity contribution in [3.63, 3.8) is 0 Å². The number of halogens is 1. The molecule has 172 valence electrons. The maximum Gasteiger partial charge on any atom is 0.221 e. The molecule has 2 unspecified atom stereocenters. The molecule has 4 N–H and O–H groups in total. The predicted molar refractivity (Wildman–Crippen MR) is 133 cm³/mol. The lowest BCUT2D eigenvalue weighted by atomic mass is 9.97. The lowest BCUT2D eigenvalue weighted by Gasteiger charge is -2.30. The Kier molecular flexibility index (Phi) is 11.7. The minimum Gasteiger partial charge on any atom is -0.369 e. The second kappa shape index (κ2) is 13.1. The van der Waals surface area contributed by atoms with Crippen LogP contribution in [0.15, 0.2) is 4.99 Å². The third-order valence-corrected chi connectivity index (χ3v) is 5.71. The fraction of sp³-hybridized carbons (Fsp3) is 0.762. The highest BCUT2D eigenvalue weighted by Gasteiger charge is 2.23. The molecule has 1 aliphatic heterocycles. The fourth-order valence-corrected chi connectivity index (χ4v) is 4.00. The minimum absolute atomic E-state index is 0. The molecule has 0 aromatic carbocycles. The number of nitrogens with two attached hydrogens (primary N) is 1. The molecule has 8 nitrogen and oxygen atoms in total. The molecule has 1 amide bonds. The molecule has 1 aromatic heterocycles. The van der Waals surface area contributed by atoms with E-state index in [1.807, 2.05) is 11.7 Å². The number of piperidine rings is 1. The van der Waals surface area contributed by atoms with Crippen molar-refractivity contribution in [3.8, 4) is 0 Å². The lowest BCUT2D eigenvalue weighted by Crippen LogP contribution is -2.43. The number of likely N-dealkylation sites (tertiary alicyclic amines) is 1. The van der Waals surface area contributed by atoms with Gasteiger partial charge in [-0.1, -0.05) is 0 Å². The van der Waals surface area contributed by atoms with Crippen molar-refractivity contribution in [3.05, 3.63) is 17.0 Å². The molecule has 1 aromatic rings. The number of rotatable bonds is 9. The summed E-state index contributed by atoms with van der Waals surface area (Å²) in [6.45, 7) is 12.8. The fourth-order valence-electron chi connectivity index (χ4n) is 4.00. The van der Waals surface area contributed by atoms with Crippen molar-refractivity contribution >= 4 is 35.8 Å². The van der Waals surface area contributed by atoms with Crippen LogP contribution in [0.5, 0.6) is 0 Å². The normalized spacial score (nSPS) is 18.6. The van der Waals surface area contributed by atoms with Crippen LogP contribution < -0.4 is 16.4 Å². The van der Waals surface area contributed by atoms with E-state index < -0.39 is 0 Å². The number of amides is 1. The minimum atomic E-state index is -0.167. The SMILES string of the molecule is CCNC(=NCCCN1CCCC(C(N)=O)C1)NC(C)Cc1c(C)nn(C)c1C.I. The summed E-state index contributed by atoms with van der Waals surface area (Å²) in [4.78, 5) is 18.5. The quantitative estimate of drug-likeness (QED) is 0.194. The van der Waals surface area contributed by atoms with Gasteiger partial charge in [0.05, 0.1) is 11.6 Å². The van der Waals surface area contributed by atoms with E-state index in [-0.39, 0.29) is 41.8 Å². The highest BCUT2D eigenvalue weighted by Crippen LogP contribution is 2.16. The van der Waals surface area contributed by atoms with Gasteiger partial charge in [-0.25, -0.2) is 0 Å². The number of aryl methyl sites for hydroxylation is 2. The Morgan fingerprint density at radius 2 is 2.13 bits per heavy atom. The number of primary amides is 1. The molecule has 1 aliphatic rings. The van der Waals surface area contributed by atoms with Crippen LogP contribution in [0.4, 0.5) is 0 Å². The van der Waals surface area contributed by atoms with E-state index in [9.17, 15) is 4.79 Å². The highest BCUT2D eigenvalue weighted by atomic mass is 127. The van der Waals surface area contributed by atoms with Gasteiger partial charge in [-0.15, -0.1) is 24.0 Å². The van der Waals surface area contributed by atoms with Gasteiger partial charge in [0.25, 0.3) is 0 Å². The summed E-state index contributed by atoms with van der Waals surface area (Å²) >= 11 is 0. The van der Waals surface area contributed by atoms with Crippen molar-refractivity contribution in [1.82, 2.24) is 25.3 Å². The van der Waals surface area contributed by atoms with Gasteiger partial charge < -0.3 is 21.3 Å². The second-order valence-corrected chi connectivity index (χ2v) is 8.18. The number of hydrogen-bond donors (Lipinski definition) is 3.